The van der Waals surface area contributed by atoms with Crippen LogP contribution in [0.25, 0.3) is 0 Å². The topological polar surface area (TPSA) is 51.6 Å². The molecule has 1 aromatic rings. The van der Waals surface area contributed by atoms with Gasteiger partial charge in [0.1, 0.15) is 5.76 Å². The van der Waals surface area contributed by atoms with E-state index in [0.29, 0.717) is 12.5 Å². The molecule has 2 N–H and O–H groups in total. The second kappa shape index (κ2) is 6.00. The molecule has 2 rings (SSSR count). The fourth-order valence-electron chi connectivity index (χ4n) is 2.48. The molecule has 1 fully saturated rings. The number of nitrogens with two attached hydrogens (primary N) is 1. The van der Waals surface area contributed by atoms with Crippen molar-refractivity contribution in [2.45, 2.75) is 12.5 Å². The van der Waals surface area contributed by atoms with Gasteiger partial charge in [0.15, 0.2) is 0 Å². The highest BCUT2D eigenvalue weighted by molar-refractivity contribution is 9.10. The van der Waals surface area contributed by atoms with E-state index in [4.69, 9.17) is 14.9 Å². The van der Waals surface area contributed by atoms with E-state index < -0.39 is 0 Å². The summed E-state index contributed by atoms with van der Waals surface area (Å²) in [6, 6.07) is 2.09. The summed E-state index contributed by atoms with van der Waals surface area (Å²) in [4.78, 5) is 2.38. The van der Waals surface area contributed by atoms with Gasteiger partial charge in [-0.15, -0.1) is 0 Å². The third-order valence-electron chi connectivity index (χ3n) is 3.33. The van der Waals surface area contributed by atoms with Crippen molar-refractivity contribution in [2.75, 3.05) is 33.4 Å². The van der Waals surface area contributed by atoms with Gasteiger partial charge in [-0.3, -0.25) is 4.90 Å². The van der Waals surface area contributed by atoms with Crippen LogP contribution in [-0.4, -0.2) is 38.3 Å². The second-order valence-corrected chi connectivity index (χ2v) is 5.34. The lowest BCUT2D eigenvalue weighted by Crippen LogP contribution is -2.32. The van der Waals surface area contributed by atoms with Gasteiger partial charge in [-0.05, 0) is 40.9 Å². The van der Waals surface area contributed by atoms with E-state index in [1.54, 1.807) is 13.4 Å². The molecular formula is C12H19BrN2O2. The van der Waals surface area contributed by atoms with Crippen molar-refractivity contribution < 1.29 is 9.15 Å². The molecule has 5 heteroatoms. The van der Waals surface area contributed by atoms with E-state index in [-0.39, 0.29) is 6.04 Å². The Morgan fingerprint density at radius 2 is 2.53 bits per heavy atom. The molecule has 1 aliphatic heterocycles. The summed E-state index contributed by atoms with van der Waals surface area (Å²) >= 11 is 3.50. The summed E-state index contributed by atoms with van der Waals surface area (Å²) in [7, 11) is 1.76. The quantitative estimate of drug-likeness (QED) is 0.904. The molecule has 4 nitrogen and oxygen atoms in total. The van der Waals surface area contributed by atoms with Crippen LogP contribution in [0.2, 0.25) is 0 Å². The highest BCUT2D eigenvalue weighted by Crippen LogP contribution is 2.32. The van der Waals surface area contributed by atoms with Gasteiger partial charge in [-0.1, -0.05) is 0 Å². The molecule has 0 spiro atoms. The molecule has 96 valence electrons. The maximum Gasteiger partial charge on any atom is 0.136 e. The molecule has 0 bridgehead atoms. The molecule has 0 radical (unpaired) electrons. The number of halogens is 1. The number of likely N-dealkylation sites (tertiary alicyclic amines) is 1. The van der Waals surface area contributed by atoms with Crippen LogP contribution in [0.15, 0.2) is 21.2 Å². The van der Waals surface area contributed by atoms with Gasteiger partial charge in [-0.25, -0.2) is 0 Å². The van der Waals surface area contributed by atoms with Crippen LogP contribution in [0.3, 0.4) is 0 Å². The minimum Gasteiger partial charge on any atom is -0.466 e. The SMILES string of the molecule is COCC1CCN(C(CN)c2occc2Br)C1. The molecule has 1 saturated heterocycles. The number of methoxy groups -OCH3 is 1. The van der Waals surface area contributed by atoms with Crippen LogP contribution in [0.4, 0.5) is 0 Å². The first-order chi connectivity index (χ1) is 8.26. The summed E-state index contributed by atoms with van der Waals surface area (Å²) in [5.41, 5.74) is 5.88. The average Bonchev–Trinajstić information content (AvgIpc) is 2.92. The van der Waals surface area contributed by atoms with Gasteiger partial charge < -0.3 is 14.9 Å². The average molecular weight is 303 g/mol. The number of hydrogen-bond acceptors (Lipinski definition) is 4. The third-order valence-corrected chi connectivity index (χ3v) is 3.99. The fraction of sp³-hybridized carbons (Fsp3) is 0.667. The first-order valence-electron chi connectivity index (χ1n) is 5.92. The molecule has 1 aliphatic rings. The summed E-state index contributed by atoms with van der Waals surface area (Å²) in [5.74, 6) is 1.55. The molecule has 1 aromatic heterocycles. The van der Waals surface area contributed by atoms with Crippen molar-refractivity contribution in [3.63, 3.8) is 0 Å². The summed E-state index contributed by atoms with van der Waals surface area (Å²) in [6.45, 7) is 3.49. The highest BCUT2D eigenvalue weighted by Gasteiger charge is 2.30. The predicted molar refractivity (Wildman–Crippen MR) is 69.8 cm³/mol. The van der Waals surface area contributed by atoms with Crippen molar-refractivity contribution in [2.24, 2.45) is 11.7 Å². The lowest BCUT2D eigenvalue weighted by Gasteiger charge is -2.25. The Labute approximate surface area is 110 Å². The zero-order chi connectivity index (χ0) is 12.3. The smallest absolute Gasteiger partial charge is 0.136 e. The molecule has 0 saturated carbocycles. The number of hydrogen-bond donors (Lipinski definition) is 1. The Kier molecular flexibility index (Phi) is 4.62. The van der Waals surface area contributed by atoms with Crippen LogP contribution >= 0.6 is 15.9 Å². The van der Waals surface area contributed by atoms with Gasteiger partial charge in [0.25, 0.3) is 0 Å². The summed E-state index contributed by atoms with van der Waals surface area (Å²) in [6.07, 6.45) is 2.87. The maximum atomic E-state index is 5.88. The number of rotatable bonds is 5. The molecular weight excluding hydrogens is 284 g/mol. The first kappa shape index (κ1) is 13.1. The predicted octanol–water partition coefficient (Wildman–Crippen LogP) is 2.01. The van der Waals surface area contributed by atoms with Crippen molar-refractivity contribution in [3.8, 4) is 0 Å². The summed E-state index contributed by atoms with van der Waals surface area (Å²) < 4.78 is 11.7. The number of nitrogens with zero attached hydrogens (tertiary/aromatic N) is 1. The lowest BCUT2D eigenvalue weighted by atomic mass is 10.1. The van der Waals surface area contributed by atoms with Crippen molar-refractivity contribution in [1.82, 2.24) is 4.90 Å². The Morgan fingerprint density at radius 1 is 1.71 bits per heavy atom. The first-order valence-corrected chi connectivity index (χ1v) is 6.71. The van der Waals surface area contributed by atoms with E-state index >= 15 is 0 Å². The van der Waals surface area contributed by atoms with Crippen LogP contribution in [0.1, 0.15) is 18.2 Å². The van der Waals surface area contributed by atoms with Gasteiger partial charge in [0.05, 0.1) is 23.4 Å². The summed E-state index contributed by atoms with van der Waals surface area (Å²) in [5, 5.41) is 0. The number of ether oxygens (including phenoxy) is 1. The largest absolute Gasteiger partial charge is 0.466 e. The molecule has 2 unspecified atom stereocenters. The van der Waals surface area contributed by atoms with E-state index in [1.165, 1.54) is 6.42 Å². The van der Waals surface area contributed by atoms with Gasteiger partial charge in [0, 0.05) is 20.2 Å². The van der Waals surface area contributed by atoms with Crippen molar-refractivity contribution in [3.05, 3.63) is 22.6 Å². The van der Waals surface area contributed by atoms with Crippen molar-refractivity contribution in [1.29, 1.82) is 0 Å². The molecule has 2 atom stereocenters. The van der Waals surface area contributed by atoms with Crippen LogP contribution in [0.5, 0.6) is 0 Å². The molecule has 2 heterocycles. The molecule has 0 aromatic carbocycles. The zero-order valence-corrected chi connectivity index (χ0v) is 11.6. The molecule has 17 heavy (non-hydrogen) atoms. The van der Waals surface area contributed by atoms with Gasteiger partial charge in [-0.2, -0.15) is 0 Å². The fourth-order valence-corrected chi connectivity index (χ4v) is 2.95. The van der Waals surface area contributed by atoms with Crippen LogP contribution in [0, 0.1) is 5.92 Å². The monoisotopic (exact) mass is 302 g/mol. The minimum absolute atomic E-state index is 0.168. The zero-order valence-electron chi connectivity index (χ0n) is 10.1. The van der Waals surface area contributed by atoms with Crippen molar-refractivity contribution >= 4 is 15.9 Å². The third kappa shape index (κ3) is 2.91. The van der Waals surface area contributed by atoms with Gasteiger partial charge >= 0.3 is 0 Å². The maximum absolute atomic E-state index is 5.88. The van der Waals surface area contributed by atoms with Crippen LogP contribution < -0.4 is 5.73 Å². The normalized spacial score (nSPS) is 23.1. The van der Waals surface area contributed by atoms with Crippen LogP contribution in [-0.2, 0) is 4.74 Å². The molecule has 0 amide bonds. The minimum atomic E-state index is 0.168. The second-order valence-electron chi connectivity index (χ2n) is 4.49. The Hall–Kier alpha value is -0.360. The molecule has 0 aliphatic carbocycles. The Bertz CT molecular complexity index is 356. The Balaban J connectivity index is 2.03. The highest BCUT2D eigenvalue weighted by atomic mass is 79.9. The van der Waals surface area contributed by atoms with E-state index in [1.807, 2.05) is 6.07 Å². The lowest BCUT2D eigenvalue weighted by molar-refractivity contribution is 0.144. The van der Waals surface area contributed by atoms with E-state index in [0.717, 1.165) is 29.9 Å². The van der Waals surface area contributed by atoms with E-state index in [2.05, 4.69) is 20.8 Å². The standard InChI is InChI=1S/C12H19BrN2O2/c1-16-8-9-2-4-15(7-9)11(6-14)12-10(13)3-5-17-12/h3,5,9,11H,2,4,6-8,14H2,1H3. The Morgan fingerprint density at radius 3 is 3.12 bits per heavy atom. The number of furan rings is 1. The van der Waals surface area contributed by atoms with Gasteiger partial charge in [0.2, 0.25) is 0 Å². The van der Waals surface area contributed by atoms with E-state index in [9.17, 15) is 0 Å².